The number of nitrogens with two attached hydrogens (primary N) is 1. The molecular formula is C17H22N2O. The van der Waals surface area contributed by atoms with Crippen LogP contribution in [-0.4, -0.2) is 18.5 Å². The molecular weight excluding hydrogens is 248 g/mol. The van der Waals surface area contributed by atoms with Crippen LogP contribution in [0.1, 0.15) is 54.4 Å². The summed E-state index contributed by atoms with van der Waals surface area (Å²) in [6.07, 6.45) is 7.20. The van der Waals surface area contributed by atoms with Crippen LogP contribution in [-0.2, 0) is 0 Å². The molecule has 1 aromatic carbocycles. The first kappa shape index (κ1) is 14.6. The van der Waals surface area contributed by atoms with Gasteiger partial charge in [-0.3, -0.25) is 4.79 Å². The Morgan fingerprint density at radius 1 is 1.25 bits per heavy atom. The molecule has 0 aromatic heterocycles. The van der Waals surface area contributed by atoms with Crippen molar-refractivity contribution in [1.29, 1.82) is 0 Å². The van der Waals surface area contributed by atoms with Gasteiger partial charge in [0.25, 0.3) is 5.91 Å². The first-order valence-corrected chi connectivity index (χ1v) is 7.39. The topological polar surface area (TPSA) is 55.1 Å². The van der Waals surface area contributed by atoms with Gasteiger partial charge in [-0.2, -0.15) is 0 Å². The lowest BCUT2D eigenvalue weighted by atomic mass is 10.1. The third-order valence-electron chi connectivity index (χ3n) is 3.65. The van der Waals surface area contributed by atoms with Gasteiger partial charge in [0.2, 0.25) is 0 Å². The van der Waals surface area contributed by atoms with Crippen molar-refractivity contribution in [2.45, 2.75) is 44.6 Å². The molecule has 1 aliphatic carbocycles. The van der Waals surface area contributed by atoms with Crippen molar-refractivity contribution in [1.82, 2.24) is 5.32 Å². The second-order valence-corrected chi connectivity index (χ2v) is 5.25. The largest absolute Gasteiger partial charge is 0.349 e. The lowest BCUT2D eigenvalue weighted by Gasteiger charge is -2.16. The molecule has 0 spiro atoms. The molecule has 3 N–H and O–H groups in total. The zero-order valence-electron chi connectivity index (χ0n) is 11.8. The lowest BCUT2D eigenvalue weighted by Crippen LogP contribution is -2.34. The van der Waals surface area contributed by atoms with Crippen LogP contribution in [0.25, 0.3) is 0 Å². The minimum absolute atomic E-state index is 0.00768. The number of nitrogens with one attached hydrogen (secondary N) is 1. The predicted octanol–water partition coefficient (Wildman–Crippen LogP) is 2.45. The van der Waals surface area contributed by atoms with E-state index in [1.807, 2.05) is 24.3 Å². The third kappa shape index (κ3) is 4.40. The third-order valence-corrected chi connectivity index (χ3v) is 3.65. The van der Waals surface area contributed by atoms with Crippen LogP contribution in [0, 0.1) is 11.8 Å². The summed E-state index contributed by atoms with van der Waals surface area (Å²) in [5, 5.41) is 3.15. The van der Waals surface area contributed by atoms with Crippen molar-refractivity contribution in [3.05, 3.63) is 35.4 Å². The highest BCUT2D eigenvalue weighted by Gasteiger charge is 2.15. The molecule has 0 saturated heterocycles. The Labute approximate surface area is 120 Å². The Kier molecular flexibility index (Phi) is 5.64. The highest BCUT2D eigenvalue weighted by molar-refractivity contribution is 5.94. The van der Waals surface area contributed by atoms with E-state index in [0.29, 0.717) is 18.2 Å². The second-order valence-electron chi connectivity index (χ2n) is 5.25. The Bertz CT molecular complexity index is 505. The lowest BCUT2D eigenvalue weighted by molar-refractivity contribution is 0.0933. The standard InChI is InChI=1S/C17H22N2O/c18-12-6-8-14-7-5-9-15(13-14)17(20)19-16-10-3-1-2-4-11-16/h5,7,9,13,16H,1-4,10-12,18H2,(H,19,20). The van der Waals surface area contributed by atoms with Gasteiger partial charge < -0.3 is 11.1 Å². The van der Waals surface area contributed by atoms with Crippen LogP contribution in [0.2, 0.25) is 0 Å². The molecule has 1 saturated carbocycles. The summed E-state index contributed by atoms with van der Waals surface area (Å²) in [5.74, 6) is 5.77. The Hall–Kier alpha value is -1.79. The summed E-state index contributed by atoms with van der Waals surface area (Å²) in [5.41, 5.74) is 6.88. The number of carbonyl (C=O) groups excluding carboxylic acids is 1. The monoisotopic (exact) mass is 270 g/mol. The van der Waals surface area contributed by atoms with Gasteiger partial charge in [0.15, 0.2) is 0 Å². The first-order chi connectivity index (χ1) is 9.79. The quantitative estimate of drug-likeness (QED) is 0.640. The number of benzene rings is 1. The fourth-order valence-electron chi connectivity index (χ4n) is 2.58. The molecule has 1 aliphatic rings. The molecule has 1 aromatic rings. The number of hydrogen-bond acceptors (Lipinski definition) is 2. The summed E-state index contributed by atoms with van der Waals surface area (Å²) >= 11 is 0. The summed E-state index contributed by atoms with van der Waals surface area (Å²) in [6.45, 7) is 0.332. The van der Waals surface area contributed by atoms with E-state index < -0.39 is 0 Å². The molecule has 0 aliphatic heterocycles. The predicted molar refractivity (Wildman–Crippen MR) is 81.3 cm³/mol. The van der Waals surface area contributed by atoms with Gasteiger partial charge in [0.05, 0.1) is 6.54 Å². The zero-order valence-corrected chi connectivity index (χ0v) is 11.8. The fraction of sp³-hybridized carbons (Fsp3) is 0.471. The SMILES string of the molecule is NCC#Cc1cccc(C(=O)NC2CCCCCC2)c1. The maximum Gasteiger partial charge on any atom is 0.251 e. The number of hydrogen-bond donors (Lipinski definition) is 2. The summed E-state index contributed by atoms with van der Waals surface area (Å²) in [4.78, 5) is 12.3. The highest BCUT2D eigenvalue weighted by Crippen LogP contribution is 2.17. The summed E-state index contributed by atoms with van der Waals surface area (Å²) in [6, 6.07) is 7.74. The smallest absolute Gasteiger partial charge is 0.251 e. The van der Waals surface area contributed by atoms with Crippen molar-refractivity contribution < 1.29 is 4.79 Å². The van der Waals surface area contributed by atoms with Crippen molar-refractivity contribution in [2.75, 3.05) is 6.54 Å². The normalized spacial score (nSPS) is 15.8. The van der Waals surface area contributed by atoms with E-state index in [1.54, 1.807) is 0 Å². The molecule has 0 atom stereocenters. The summed E-state index contributed by atoms with van der Waals surface area (Å²) in [7, 11) is 0. The van der Waals surface area contributed by atoms with E-state index in [-0.39, 0.29) is 5.91 Å². The fourth-order valence-corrected chi connectivity index (χ4v) is 2.58. The molecule has 2 rings (SSSR count). The van der Waals surface area contributed by atoms with Crippen LogP contribution >= 0.6 is 0 Å². The highest BCUT2D eigenvalue weighted by atomic mass is 16.1. The molecule has 20 heavy (non-hydrogen) atoms. The van der Waals surface area contributed by atoms with Gasteiger partial charge in [-0.1, -0.05) is 43.6 Å². The van der Waals surface area contributed by atoms with E-state index in [1.165, 1.54) is 25.7 Å². The van der Waals surface area contributed by atoms with Crippen LogP contribution in [0.4, 0.5) is 0 Å². The number of rotatable bonds is 2. The van der Waals surface area contributed by atoms with Gasteiger partial charge in [-0.15, -0.1) is 0 Å². The van der Waals surface area contributed by atoms with Gasteiger partial charge in [0, 0.05) is 17.2 Å². The van der Waals surface area contributed by atoms with Crippen molar-refractivity contribution in [3.63, 3.8) is 0 Å². The zero-order chi connectivity index (χ0) is 14.2. The molecule has 0 unspecified atom stereocenters. The van der Waals surface area contributed by atoms with E-state index in [0.717, 1.165) is 18.4 Å². The van der Waals surface area contributed by atoms with Gasteiger partial charge in [-0.25, -0.2) is 0 Å². The average molecular weight is 270 g/mol. The van der Waals surface area contributed by atoms with Gasteiger partial charge >= 0.3 is 0 Å². The van der Waals surface area contributed by atoms with E-state index in [4.69, 9.17) is 5.73 Å². The van der Waals surface area contributed by atoms with Crippen LogP contribution in [0.3, 0.4) is 0 Å². The van der Waals surface area contributed by atoms with Gasteiger partial charge in [-0.05, 0) is 31.0 Å². The molecule has 106 valence electrons. The van der Waals surface area contributed by atoms with E-state index in [2.05, 4.69) is 17.2 Å². The summed E-state index contributed by atoms with van der Waals surface area (Å²) < 4.78 is 0. The van der Waals surface area contributed by atoms with Crippen molar-refractivity contribution in [3.8, 4) is 11.8 Å². The Balaban J connectivity index is 2.01. The second kappa shape index (κ2) is 7.72. The van der Waals surface area contributed by atoms with Crippen molar-refractivity contribution in [2.24, 2.45) is 5.73 Å². The van der Waals surface area contributed by atoms with Crippen LogP contribution in [0.15, 0.2) is 24.3 Å². The van der Waals surface area contributed by atoms with E-state index in [9.17, 15) is 4.79 Å². The first-order valence-electron chi connectivity index (χ1n) is 7.39. The average Bonchev–Trinajstić information content (AvgIpc) is 2.74. The number of carbonyl (C=O) groups is 1. The molecule has 0 heterocycles. The minimum Gasteiger partial charge on any atom is -0.349 e. The Morgan fingerprint density at radius 3 is 2.70 bits per heavy atom. The van der Waals surface area contributed by atoms with E-state index >= 15 is 0 Å². The van der Waals surface area contributed by atoms with Crippen LogP contribution < -0.4 is 11.1 Å². The molecule has 0 radical (unpaired) electrons. The van der Waals surface area contributed by atoms with Gasteiger partial charge in [0.1, 0.15) is 0 Å². The Morgan fingerprint density at radius 2 is 2.00 bits per heavy atom. The minimum atomic E-state index is 0.00768. The molecule has 3 heteroatoms. The van der Waals surface area contributed by atoms with Crippen molar-refractivity contribution >= 4 is 5.91 Å². The molecule has 1 amide bonds. The number of amides is 1. The molecule has 1 fully saturated rings. The maximum absolute atomic E-state index is 12.3. The molecule has 0 bridgehead atoms. The van der Waals surface area contributed by atoms with Crippen LogP contribution in [0.5, 0.6) is 0 Å². The maximum atomic E-state index is 12.3. The molecule has 3 nitrogen and oxygen atoms in total.